The van der Waals surface area contributed by atoms with E-state index in [0.29, 0.717) is 24.2 Å². The summed E-state index contributed by atoms with van der Waals surface area (Å²) < 4.78 is 13.1. The van der Waals surface area contributed by atoms with Crippen LogP contribution < -0.4 is 16.4 Å². The summed E-state index contributed by atoms with van der Waals surface area (Å²) in [6, 6.07) is 4.16. The molecule has 0 unspecified atom stereocenters. The Morgan fingerprint density at radius 3 is 2.60 bits per heavy atom. The lowest BCUT2D eigenvalue weighted by molar-refractivity contribution is -0.122. The Balaban J connectivity index is 2.58. The molecule has 1 aromatic rings. The lowest BCUT2D eigenvalue weighted by Gasteiger charge is -2.20. The standard InChI is InChI=1S/C14H20FN3OS/c1-14(2,3)18-12(19)6-7-17-11-5-4-9(15)8-10(11)13(16)20/h4-5,8,17H,6-7H2,1-3H3,(H2,16,20)(H,18,19). The van der Waals surface area contributed by atoms with Crippen molar-refractivity contribution in [1.29, 1.82) is 0 Å². The number of hydrogen-bond acceptors (Lipinski definition) is 3. The van der Waals surface area contributed by atoms with Gasteiger partial charge >= 0.3 is 0 Å². The van der Waals surface area contributed by atoms with Crippen LogP contribution in [0, 0.1) is 5.82 Å². The van der Waals surface area contributed by atoms with Crippen molar-refractivity contribution in [3.8, 4) is 0 Å². The second-order valence-corrected chi connectivity index (χ2v) is 5.97. The van der Waals surface area contributed by atoms with Crippen LogP contribution in [-0.2, 0) is 4.79 Å². The Labute approximate surface area is 123 Å². The molecule has 110 valence electrons. The molecule has 4 N–H and O–H groups in total. The van der Waals surface area contributed by atoms with Crippen LogP contribution in [0.1, 0.15) is 32.8 Å². The number of nitrogens with two attached hydrogens (primary N) is 1. The molecular weight excluding hydrogens is 277 g/mol. The minimum atomic E-state index is -0.399. The van der Waals surface area contributed by atoms with Crippen LogP contribution in [0.4, 0.5) is 10.1 Å². The van der Waals surface area contributed by atoms with E-state index in [4.69, 9.17) is 18.0 Å². The van der Waals surface area contributed by atoms with E-state index in [1.165, 1.54) is 12.1 Å². The summed E-state index contributed by atoms with van der Waals surface area (Å²) in [7, 11) is 0. The summed E-state index contributed by atoms with van der Waals surface area (Å²) in [4.78, 5) is 11.8. The van der Waals surface area contributed by atoms with E-state index in [-0.39, 0.29) is 16.4 Å². The molecule has 0 aliphatic heterocycles. The molecule has 0 aliphatic rings. The molecule has 1 rings (SSSR count). The molecule has 1 amide bonds. The highest BCUT2D eigenvalue weighted by Crippen LogP contribution is 2.17. The van der Waals surface area contributed by atoms with Gasteiger partial charge in [0.05, 0.1) is 0 Å². The molecule has 0 aliphatic carbocycles. The summed E-state index contributed by atoms with van der Waals surface area (Å²) in [5.74, 6) is -0.451. The molecule has 0 bridgehead atoms. The predicted molar refractivity (Wildman–Crippen MR) is 83.3 cm³/mol. The van der Waals surface area contributed by atoms with E-state index < -0.39 is 5.82 Å². The third-order valence-electron chi connectivity index (χ3n) is 2.43. The largest absolute Gasteiger partial charge is 0.389 e. The first-order valence-corrected chi connectivity index (χ1v) is 6.74. The number of rotatable bonds is 5. The van der Waals surface area contributed by atoms with Crippen LogP contribution in [0.3, 0.4) is 0 Å². The molecule has 0 atom stereocenters. The van der Waals surface area contributed by atoms with E-state index in [0.717, 1.165) is 0 Å². The van der Waals surface area contributed by atoms with Gasteiger partial charge in [-0.15, -0.1) is 0 Å². The molecule has 0 aromatic heterocycles. The first kappa shape index (κ1) is 16.4. The fourth-order valence-electron chi connectivity index (χ4n) is 1.67. The topological polar surface area (TPSA) is 67.2 Å². The molecule has 1 aromatic carbocycles. The summed E-state index contributed by atoms with van der Waals surface area (Å²) in [5, 5.41) is 5.91. The number of hydrogen-bond donors (Lipinski definition) is 3. The summed E-state index contributed by atoms with van der Waals surface area (Å²) in [6.07, 6.45) is 0.311. The van der Waals surface area contributed by atoms with Crippen molar-refractivity contribution < 1.29 is 9.18 Å². The van der Waals surface area contributed by atoms with Crippen molar-refractivity contribution in [1.82, 2.24) is 5.32 Å². The molecule has 0 saturated heterocycles. The Bertz CT molecular complexity index is 512. The number of carbonyl (C=O) groups is 1. The van der Waals surface area contributed by atoms with Crippen molar-refractivity contribution in [3.05, 3.63) is 29.6 Å². The number of amides is 1. The quantitative estimate of drug-likeness (QED) is 0.729. The lowest BCUT2D eigenvalue weighted by Crippen LogP contribution is -2.41. The molecular formula is C14H20FN3OS. The summed E-state index contributed by atoms with van der Waals surface area (Å²) in [6.45, 7) is 6.18. The Kier molecular flexibility index (Phi) is 5.44. The first-order valence-electron chi connectivity index (χ1n) is 6.33. The van der Waals surface area contributed by atoms with Gasteiger partial charge in [0.15, 0.2) is 0 Å². The predicted octanol–water partition coefficient (Wildman–Crippen LogP) is 2.18. The van der Waals surface area contributed by atoms with Crippen LogP contribution in [-0.4, -0.2) is 23.0 Å². The average Bonchev–Trinajstić information content (AvgIpc) is 2.28. The maximum absolute atomic E-state index is 13.1. The lowest BCUT2D eigenvalue weighted by atomic mass is 10.1. The normalized spacial score (nSPS) is 11.0. The van der Waals surface area contributed by atoms with Gasteiger partial charge in [-0.25, -0.2) is 4.39 Å². The van der Waals surface area contributed by atoms with E-state index in [9.17, 15) is 9.18 Å². The number of anilines is 1. The van der Waals surface area contributed by atoms with Crippen molar-refractivity contribution in [2.75, 3.05) is 11.9 Å². The van der Waals surface area contributed by atoms with Gasteiger partial charge in [-0.2, -0.15) is 0 Å². The minimum Gasteiger partial charge on any atom is -0.389 e. The number of carbonyl (C=O) groups excluding carboxylic acids is 1. The smallest absolute Gasteiger partial charge is 0.222 e. The van der Waals surface area contributed by atoms with Gasteiger partial charge in [-0.3, -0.25) is 4.79 Å². The Hall–Kier alpha value is -1.69. The number of thiocarbonyl (C=S) groups is 1. The van der Waals surface area contributed by atoms with Crippen LogP contribution in [0.15, 0.2) is 18.2 Å². The molecule has 0 radical (unpaired) electrons. The maximum atomic E-state index is 13.1. The highest BCUT2D eigenvalue weighted by atomic mass is 32.1. The second kappa shape index (κ2) is 6.65. The zero-order valence-corrected chi connectivity index (χ0v) is 12.7. The SMILES string of the molecule is CC(C)(C)NC(=O)CCNc1ccc(F)cc1C(N)=S. The number of halogens is 1. The van der Waals surface area contributed by atoms with Gasteiger partial charge in [-0.05, 0) is 39.0 Å². The van der Waals surface area contributed by atoms with E-state index in [2.05, 4.69) is 10.6 Å². The van der Waals surface area contributed by atoms with Gasteiger partial charge < -0.3 is 16.4 Å². The van der Waals surface area contributed by atoms with Crippen LogP contribution in [0.2, 0.25) is 0 Å². The van der Waals surface area contributed by atoms with Gasteiger partial charge in [-0.1, -0.05) is 12.2 Å². The van der Waals surface area contributed by atoms with Crippen LogP contribution >= 0.6 is 12.2 Å². The zero-order valence-electron chi connectivity index (χ0n) is 11.9. The van der Waals surface area contributed by atoms with E-state index in [1.807, 2.05) is 20.8 Å². The van der Waals surface area contributed by atoms with E-state index >= 15 is 0 Å². The van der Waals surface area contributed by atoms with Crippen molar-refractivity contribution >= 4 is 28.8 Å². The van der Waals surface area contributed by atoms with Gasteiger partial charge in [0.2, 0.25) is 5.91 Å². The van der Waals surface area contributed by atoms with Crippen LogP contribution in [0.5, 0.6) is 0 Å². The fraction of sp³-hybridized carbons (Fsp3) is 0.429. The molecule has 0 heterocycles. The highest BCUT2D eigenvalue weighted by molar-refractivity contribution is 7.80. The van der Waals surface area contributed by atoms with E-state index in [1.54, 1.807) is 6.07 Å². The molecule has 0 fully saturated rings. The molecule has 0 saturated carbocycles. The average molecular weight is 297 g/mol. The number of nitrogens with one attached hydrogen (secondary N) is 2. The maximum Gasteiger partial charge on any atom is 0.222 e. The molecule has 0 spiro atoms. The van der Waals surface area contributed by atoms with Crippen LogP contribution in [0.25, 0.3) is 0 Å². The highest BCUT2D eigenvalue weighted by Gasteiger charge is 2.13. The van der Waals surface area contributed by atoms with Crippen molar-refractivity contribution in [2.24, 2.45) is 5.73 Å². The fourth-order valence-corrected chi connectivity index (χ4v) is 1.83. The molecule has 4 nitrogen and oxygen atoms in total. The van der Waals surface area contributed by atoms with Crippen molar-refractivity contribution in [3.63, 3.8) is 0 Å². The summed E-state index contributed by atoms with van der Waals surface area (Å²) >= 11 is 4.87. The molecule has 20 heavy (non-hydrogen) atoms. The van der Waals surface area contributed by atoms with Gasteiger partial charge in [0, 0.05) is 29.8 Å². The first-order chi connectivity index (χ1) is 9.19. The van der Waals surface area contributed by atoms with Crippen molar-refractivity contribution in [2.45, 2.75) is 32.7 Å². The Morgan fingerprint density at radius 2 is 2.05 bits per heavy atom. The minimum absolute atomic E-state index is 0.0519. The third kappa shape index (κ3) is 5.52. The zero-order chi connectivity index (χ0) is 15.3. The monoisotopic (exact) mass is 297 g/mol. The summed E-state index contributed by atoms with van der Waals surface area (Å²) in [5.41, 5.74) is 6.36. The van der Waals surface area contributed by atoms with Gasteiger partial charge in [0.1, 0.15) is 10.8 Å². The Morgan fingerprint density at radius 1 is 1.40 bits per heavy atom. The second-order valence-electron chi connectivity index (χ2n) is 5.53. The number of benzene rings is 1. The third-order valence-corrected chi connectivity index (χ3v) is 2.65. The van der Waals surface area contributed by atoms with Gasteiger partial charge in [0.25, 0.3) is 0 Å². The molecule has 6 heteroatoms.